The lowest BCUT2D eigenvalue weighted by Crippen LogP contribution is -2.45. The first-order valence-corrected chi connectivity index (χ1v) is 6.51. The van der Waals surface area contributed by atoms with Gasteiger partial charge in [-0.3, -0.25) is 0 Å². The van der Waals surface area contributed by atoms with Crippen LogP contribution in [0.4, 0.5) is 0 Å². The molecule has 0 saturated heterocycles. The van der Waals surface area contributed by atoms with E-state index in [0.717, 1.165) is 0 Å². The molecule has 0 bridgehead atoms. The van der Waals surface area contributed by atoms with Gasteiger partial charge in [0.15, 0.2) is 0 Å². The summed E-state index contributed by atoms with van der Waals surface area (Å²) >= 11 is 0. The summed E-state index contributed by atoms with van der Waals surface area (Å²) in [6, 6.07) is 1.76. The van der Waals surface area contributed by atoms with Crippen molar-refractivity contribution < 1.29 is 13.2 Å². The first kappa shape index (κ1) is 15.3. The van der Waals surface area contributed by atoms with Gasteiger partial charge in [0.2, 0.25) is 0 Å². The Morgan fingerprint density at radius 1 is 1.44 bits per heavy atom. The highest BCUT2D eigenvalue weighted by atomic mass is 32.2. The molecule has 7 heteroatoms. The van der Waals surface area contributed by atoms with E-state index in [-0.39, 0.29) is 25.6 Å². The SMILES string of the molecule is COCCN(CCC#N)S(=O)(=O)NC(C)C. The van der Waals surface area contributed by atoms with Crippen LogP contribution < -0.4 is 4.72 Å². The lowest BCUT2D eigenvalue weighted by atomic mass is 10.4. The lowest BCUT2D eigenvalue weighted by Gasteiger charge is -2.22. The minimum absolute atomic E-state index is 0.169. The molecule has 0 unspecified atom stereocenters. The van der Waals surface area contributed by atoms with Crippen molar-refractivity contribution in [3.8, 4) is 6.07 Å². The minimum Gasteiger partial charge on any atom is -0.383 e. The standard InChI is InChI=1S/C9H19N3O3S/c1-9(2)11-16(13,14)12(6-4-5-10)7-8-15-3/h9,11H,4,6-8H2,1-3H3. The molecule has 0 heterocycles. The summed E-state index contributed by atoms with van der Waals surface area (Å²) in [7, 11) is -2.01. The van der Waals surface area contributed by atoms with Crippen molar-refractivity contribution >= 4 is 10.2 Å². The van der Waals surface area contributed by atoms with Gasteiger partial charge >= 0.3 is 0 Å². The first-order chi connectivity index (χ1) is 7.44. The van der Waals surface area contributed by atoms with Crippen molar-refractivity contribution in [1.29, 1.82) is 5.26 Å². The van der Waals surface area contributed by atoms with Gasteiger partial charge in [-0.05, 0) is 13.8 Å². The average Bonchev–Trinajstić information content (AvgIpc) is 2.15. The van der Waals surface area contributed by atoms with E-state index in [2.05, 4.69) is 4.72 Å². The van der Waals surface area contributed by atoms with Crippen LogP contribution in [-0.4, -0.2) is 45.6 Å². The molecule has 0 aliphatic carbocycles. The molecule has 0 amide bonds. The molecule has 0 aliphatic heterocycles. The Bertz CT molecular complexity index is 321. The molecule has 0 aromatic heterocycles. The predicted molar refractivity (Wildman–Crippen MR) is 60.9 cm³/mol. The monoisotopic (exact) mass is 249 g/mol. The Kier molecular flexibility index (Phi) is 7.25. The second kappa shape index (κ2) is 7.57. The van der Waals surface area contributed by atoms with Crippen LogP contribution in [0.25, 0.3) is 0 Å². The Morgan fingerprint density at radius 2 is 2.06 bits per heavy atom. The van der Waals surface area contributed by atoms with Gasteiger partial charge in [-0.1, -0.05) is 0 Å². The Labute approximate surface area is 97.4 Å². The molecule has 0 aromatic rings. The zero-order chi connectivity index (χ0) is 12.6. The second-order valence-corrected chi connectivity index (χ2v) is 5.28. The Morgan fingerprint density at radius 3 is 2.50 bits per heavy atom. The number of ether oxygens (including phenoxy) is 1. The van der Waals surface area contributed by atoms with Crippen molar-refractivity contribution in [3.05, 3.63) is 0 Å². The molecular weight excluding hydrogens is 230 g/mol. The van der Waals surface area contributed by atoms with Crippen molar-refractivity contribution in [2.24, 2.45) is 0 Å². The number of rotatable bonds is 8. The summed E-state index contributed by atoms with van der Waals surface area (Å²) < 4.78 is 32.1. The van der Waals surface area contributed by atoms with Gasteiger partial charge in [-0.15, -0.1) is 0 Å². The molecule has 16 heavy (non-hydrogen) atoms. The number of hydrogen-bond donors (Lipinski definition) is 1. The van der Waals surface area contributed by atoms with Crippen LogP contribution in [-0.2, 0) is 14.9 Å². The first-order valence-electron chi connectivity index (χ1n) is 5.07. The zero-order valence-corrected chi connectivity index (χ0v) is 10.7. The molecule has 94 valence electrons. The van der Waals surface area contributed by atoms with Gasteiger partial charge < -0.3 is 4.74 Å². The molecular formula is C9H19N3O3S. The number of methoxy groups -OCH3 is 1. The van der Waals surface area contributed by atoms with Crippen LogP contribution in [0.2, 0.25) is 0 Å². The largest absolute Gasteiger partial charge is 0.383 e. The molecule has 0 aliphatic rings. The van der Waals surface area contributed by atoms with Gasteiger partial charge in [0.05, 0.1) is 12.7 Å². The Balaban J connectivity index is 4.53. The molecule has 0 atom stereocenters. The maximum atomic E-state index is 11.8. The van der Waals surface area contributed by atoms with Crippen LogP contribution in [0.1, 0.15) is 20.3 Å². The van der Waals surface area contributed by atoms with Crippen molar-refractivity contribution in [2.45, 2.75) is 26.3 Å². The highest BCUT2D eigenvalue weighted by Crippen LogP contribution is 2.01. The highest BCUT2D eigenvalue weighted by molar-refractivity contribution is 7.87. The van der Waals surface area contributed by atoms with Gasteiger partial charge in [-0.25, -0.2) is 0 Å². The number of hydrogen-bond acceptors (Lipinski definition) is 4. The van der Waals surface area contributed by atoms with Crippen LogP contribution in [0.3, 0.4) is 0 Å². The molecule has 0 aromatic carbocycles. The fourth-order valence-electron chi connectivity index (χ4n) is 1.09. The van der Waals surface area contributed by atoms with Crippen LogP contribution >= 0.6 is 0 Å². The molecule has 6 nitrogen and oxygen atoms in total. The molecule has 0 radical (unpaired) electrons. The van der Waals surface area contributed by atoms with Crippen molar-refractivity contribution in [3.63, 3.8) is 0 Å². The van der Waals surface area contributed by atoms with Gasteiger partial charge in [0.25, 0.3) is 10.2 Å². The third kappa shape index (κ3) is 6.02. The lowest BCUT2D eigenvalue weighted by molar-refractivity contribution is 0.179. The van der Waals surface area contributed by atoms with E-state index in [1.807, 2.05) is 6.07 Å². The Hall–Kier alpha value is -0.680. The van der Waals surface area contributed by atoms with Crippen molar-refractivity contribution in [2.75, 3.05) is 26.8 Å². The molecule has 0 saturated carbocycles. The average molecular weight is 249 g/mol. The van der Waals surface area contributed by atoms with E-state index >= 15 is 0 Å². The highest BCUT2D eigenvalue weighted by Gasteiger charge is 2.21. The fraction of sp³-hybridized carbons (Fsp3) is 0.889. The van der Waals surface area contributed by atoms with E-state index in [0.29, 0.717) is 6.61 Å². The third-order valence-electron chi connectivity index (χ3n) is 1.74. The molecule has 1 N–H and O–H groups in total. The van der Waals surface area contributed by atoms with E-state index in [1.165, 1.54) is 11.4 Å². The van der Waals surface area contributed by atoms with Gasteiger partial charge in [0, 0.05) is 32.7 Å². The third-order valence-corrected chi connectivity index (χ3v) is 3.56. The molecule has 0 fully saturated rings. The maximum absolute atomic E-state index is 11.8. The van der Waals surface area contributed by atoms with Crippen LogP contribution in [0, 0.1) is 11.3 Å². The molecule has 0 rings (SSSR count). The van der Waals surface area contributed by atoms with Gasteiger partial charge in [-0.2, -0.15) is 22.7 Å². The van der Waals surface area contributed by atoms with Gasteiger partial charge in [0.1, 0.15) is 0 Å². The van der Waals surface area contributed by atoms with E-state index in [1.54, 1.807) is 13.8 Å². The number of nitrogens with zero attached hydrogens (tertiary/aromatic N) is 2. The summed E-state index contributed by atoms with van der Waals surface area (Å²) in [5.41, 5.74) is 0. The molecule has 0 spiro atoms. The summed E-state index contributed by atoms with van der Waals surface area (Å²) in [5, 5.41) is 8.47. The quantitative estimate of drug-likeness (QED) is 0.661. The zero-order valence-electron chi connectivity index (χ0n) is 9.93. The smallest absolute Gasteiger partial charge is 0.279 e. The topological polar surface area (TPSA) is 82.4 Å². The summed E-state index contributed by atoms with van der Waals surface area (Å²) in [4.78, 5) is 0. The van der Waals surface area contributed by atoms with E-state index in [9.17, 15) is 8.42 Å². The summed E-state index contributed by atoms with van der Waals surface area (Å²) in [6.45, 7) is 4.24. The fourth-order valence-corrected chi connectivity index (χ4v) is 2.48. The number of nitriles is 1. The second-order valence-electron chi connectivity index (χ2n) is 3.58. The van der Waals surface area contributed by atoms with Crippen molar-refractivity contribution in [1.82, 2.24) is 9.03 Å². The summed E-state index contributed by atoms with van der Waals surface area (Å²) in [6.07, 6.45) is 0.169. The van der Waals surface area contributed by atoms with Crippen LogP contribution in [0.15, 0.2) is 0 Å². The maximum Gasteiger partial charge on any atom is 0.279 e. The predicted octanol–water partition coefficient (Wildman–Crippen LogP) is 0.0913. The minimum atomic E-state index is -3.51. The normalized spacial score (nSPS) is 12.0. The summed E-state index contributed by atoms with van der Waals surface area (Å²) in [5.74, 6) is 0. The van der Waals surface area contributed by atoms with E-state index < -0.39 is 10.2 Å². The van der Waals surface area contributed by atoms with Crippen LogP contribution in [0.5, 0.6) is 0 Å². The number of nitrogens with one attached hydrogen (secondary N) is 1. The van der Waals surface area contributed by atoms with E-state index in [4.69, 9.17) is 10.00 Å².